The molecule has 0 radical (unpaired) electrons. The SMILES string of the molecule is CC1CCCCC1OCC(O)CNC1CCCC(C)(C)C1. The highest BCUT2D eigenvalue weighted by atomic mass is 16.5. The summed E-state index contributed by atoms with van der Waals surface area (Å²) in [5.41, 5.74) is 0.453. The van der Waals surface area contributed by atoms with Crippen molar-refractivity contribution in [3.05, 3.63) is 0 Å². The van der Waals surface area contributed by atoms with Crippen LogP contribution in [0.2, 0.25) is 0 Å². The second-order valence-electron chi connectivity index (χ2n) is 8.15. The number of ether oxygens (including phenoxy) is 1. The monoisotopic (exact) mass is 297 g/mol. The summed E-state index contributed by atoms with van der Waals surface area (Å²) in [6.45, 7) is 8.13. The topological polar surface area (TPSA) is 41.5 Å². The summed E-state index contributed by atoms with van der Waals surface area (Å²) in [6.07, 6.45) is 10.1. The molecule has 0 aromatic rings. The van der Waals surface area contributed by atoms with E-state index in [2.05, 4.69) is 26.1 Å². The smallest absolute Gasteiger partial charge is 0.0897 e. The van der Waals surface area contributed by atoms with Crippen molar-refractivity contribution in [2.45, 2.75) is 90.4 Å². The third-order valence-electron chi connectivity index (χ3n) is 5.38. The zero-order chi connectivity index (χ0) is 15.3. The number of hydrogen-bond acceptors (Lipinski definition) is 3. The summed E-state index contributed by atoms with van der Waals surface area (Å²) in [7, 11) is 0. The van der Waals surface area contributed by atoms with Gasteiger partial charge in [-0.25, -0.2) is 0 Å². The minimum Gasteiger partial charge on any atom is -0.389 e. The Morgan fingerprint density at radius 3 is 2.67 bits per heavy atom. The van der Waals surface area contributed by atoms with Gasteiger partial charge in [0, 0.05) is 12.6 Å². The molecule has 3 heteroatoms. The fourth-order valence-electron chi connectivity index (χ4n) is 4.00. The van der Waals surface area contributed by atoms with Gasteiger partial charge in [0.05, 0.1) is 18.8 Å². The summed E-state index contributed by atoms with van der Waals surface area (Å²) in [4.78, 5) is 0. The Hall–Kier alpha value is -0.120. The van der Waals surface area contributed by atoms with Gasteiger partial charge in [0.15, 0.2) is 0 Å². The first-order chi connectivity index (χ1) is 9.96. The van der Waals surface area contributed by atoms with E-state index in [-0.39, 0.29) is 6.10 Å². The number of aliphatic hydroxyl groups is 1. The van der Waals surface area contributed by atoms with E-state index >= 15 is 0 Å². The van der Waals surface area contributed by atoms with Crippen LogP contribution in [0.5, 0.6) is 0 Å². The highest BCUT2D eigenvalue weighted by molar-refractivity contribution is 4.84. The van der Waals surface area contributed by atoms with Crippen molar-refractivity contribution < 1.29 is 9.84 Å². The molecule has 2 aliphatic rings. The maximum absolute atomic E-state index is 10.1. The van der Waals surface area contributed by atoms with Gasteiger partial charge in [0.1, 0.15) is 0 Å². The van der Waals surface area contributed by atoms with E-state index < -0.39 is 0 Å². The second-order valence-corrected chi connectivity index (χ2v) is 8.15. The molecular weight excluding hydrogens is 262 g/mol. The van der Waals surface area contributed by atoms with Crippen LogP contribution in [-0.4, -0.2) is 36.5 Å². The molecular formula is C18H35NO2. The third-order valence-corrected chi connectivity index (χ3v) is 5.38. The zero-order valence-electron chi connectivity index (χ0n) is 14.2. The van der Waals surface area contributed by atoms with E-state index in [1.165, 1.54) is 44.9 Å². The first-order valence-corrected chi connectivity index (χ1v) is 8.99. The molecule has 3 nitrogen and oxygen atoms in total. The molecule has 0 amide bonds. The summed E-state index contributed by atoms with van der Waals surface area (Å²) in [5, 5.41) is 13.7. The van der Waals surface area contributed by atoms with Crippen LogP contribution >= 0.6 is 0 Å². The first kappa shape index (κ1) is 17.2. The van der Waals surface area contributed by atoms with Gasteiger partial charge in [0.25, 0.3) is 0 Å². The summed E-state index contributed by atoms with van der Waals surface area (Å²) in [5.74, 6) is 0.651. The fraction of sp³-hybridized carbons (Fsp3) is 1.00. The van der Waals surface area contributed by atoms with E-state index in [9.17, 15) is 5.11 Å². The predicted octanol–water partition coefficient (Wildman–Crippen LogP) is 3.50. The van der Waals surface area contributed by atoms with E-state index in [4.69, 9.17) is 4.74 Å². The molecule has 0 bridgehead atoms. The number of rotatable bonds is 6. The van der Waals surface area contributed by atoms with Crippen molar-refractivity contribution >= 4 is 0 Å². The molecule has 124 valence electrons. The Bertz CT molecular complexity index is 306. The molecule has 2 aliphatic carbocycles. The van der Waals surface area contributed by atoms with Crippen LogP contribution in [0.25, 0.3) is 0 Å². The van der Waals surface area contributed by atoms with Gasteiger partial charge in [-0.3, -0.25) is 0 Å². The summed E-state index contributed by atoms with van der Waals surface area (Å²) in [6, 6.07) is 0.567. The molecule has 2 N–H and O–H groups in total. The highest BCUT2D eigenvalue weighted by Gasteiger charge is 2.28. The highest BCUT2D eigenvalue weighted by Crippen LogP contribution is 2.35. The van der Waals surface area contributed by atoms with Crippen molar-refractivity contribution in [3.63, 3.8) is 0 Å². The average molecular weight is 297 g/mol. The van der Waals surface area contributed by atoms with Crippen molar-refractivity contribution in [3.8, 4) is 0 Å². The van der Waals surface area contributed by atoms with Crippen LogP contribution in [0.3, 0.4) is 0 Å². The molecule has 4 unspecified atom stereocenters. The van der Waals surface area contributed by atoms with Crippen LogP contribution in [0, 0.1) is 11.3 Å². The van der Waals surface area contributed by atoms with Gasteiger partial charge >= 0.3 is 0 Å². The van der Waals surface area contributed by atoms with Crippen LogP contribution in [0.1, 0.15) is 72.1 Å². The molecule has 0 aliphatic heterocycles. The average Bonchev–Trinajstić information content (AvgIpc) is 2.43. The largest absolute Gasteiger partial charge is 0.389 e. The van der Waals surface area contributed by atoms with Gasteiger partial charge in [0.2, 0.25) is 0 Å². The molecule has 0 heterocycles. The minimum absolute atomic E-state index is 0.363. The quantitative estimate of drug-likeness (QED) is 0.788. The molecule has 21 heavy (non-hydrogen) atoms. The van der Waals surface area contributed by atoms with Crippen LogP contribution in [0.15, 0.2) is 0 Å². The van der Waals surface area contributed by atoms with Gasteiger partial charge in [-0.1, -0.05) is 40.0 Å². The molecule has 2 fully saturated rings. The van der Waals surface area contributed by atoms with Crippen molar-refractivity contribution in [2.24, 2.45) is 11.3 Å². The number of hydrogen-bond donors (Lipinski definition) is 2. The van der Waals surface area contributed by atoms with Crippen LogP contribution in [-0.2, 0) is 4.74 Å². The minimum atomic E-state index is -0.371. The second kappa shape index (κ2) is 7.94. The maximum atomic E-state index is 10.1. The van der Waals surface area contributed by atoms with E-state index in [1.807, 2.05) is 0 Å². The van der Waals surface area contributed by atoms with Gasteiger partial charge in [-0.2, -0.15) is 0 Å². The molecule has 2 rings (SSSR count). The van der Waals surface area contributed by atoms with Crippen LogP contribution in [0.4, 0.5) is 0 Å². The Morgan fingerprint density at radius 1 is 1.19 bits per heavy atom. The van der Waals surface area contributed by atoms with E-state index in [1.54, 1.807) is 0 Å². The molecule has 2 saturated carbocycles. The lowest BCUT2D eigenvalue weighted by molar-refractivity contribution is -0.0460. The Labute approximate surface area is 130 Å². The molecule has 0 aromatic carbocycles. The van der Waals surface area contributed by atoms with Gasteiger partial charge in [-0.05, 0) is 43.4 Å². The van der Waals surface area contributed by atoms with Crippen molar-refractivity contribution in [1.82, 2.24) is 5.32 Å². The molecule has 4 atom stereocenters. The van der Waals surface area contributed by atoms with Crippen molar-refractivity contribution in [2.75, 3.05) is 13.2 Å². The van der Waals surface area contributed by atoms with Gasteiger partial charge < -0.3 is 15.2 Å². The van der Waals surface area contributed by atoms with E-state index in [0.29, 0.717) is 36.6 Å². The zero-order valence-corrected chi connectivity index (χ0v) is 14.2. The van der Waals surface area contributed by atoms with E-state index in [0.717, 1.165) is 6.42 Å². The normalized spacial score (nSPS) is 34.6. The Balaban J connectivity index is 1.62. The Morgan fingerprint density at radius 2 is 1.95 bits per heavy atom. The summed E-state index contributed by atoms with van der Waals surface area (Å²) < 4.78 is 5.95. The van der Waals surface area contributed by atoms with Gasteiger partial charge in [-0.15, -0.1) is 0 Å². The van der Waals surface area contributed by atoms with Crippen molar-refractivity contribution in [1.29, 1.82) is 0 Å². The Kier molecular flexibility index (Phi) is 6.51. The van der Waals surface area contributed by atoms with Crippen LogP contribution < -0.4 is 5.32 Å². The lowest BCUT2D eigenvalue weighted by Gasteiger charge is -2.36. The lowest BCUT2D eigenvalue weighted by Crippen LogP contribution is -2.42. The molecule has 0 spiro atoms. The number of nitrogens with one attached hydrogen (secondary N) is 1. The molecule has 0 saturated heterocycles. The first-order valence-electron chi connectivity index (χ1n) is 8.99. The maximum Gasteiger partial charge on any atom is 0.0897 e. The lowest BCUT2D eigenvalue weighted by atomic mass is 9.75. The molecule has 0 aromatic heterocycles. The third kappa shape index (κ3) is 5.88. The predicted molar refractivity (Wildman–Crippen MR) is 87.4 cm³/mol. The standard InChI is InChI=1S/C18H35NO2/c1-14-7-4-5-9-17(14)21-13-16(20)12-19-15-8-6-10-18(2,3)11-15/h14-17,19-20H,4-13H2,1-3H3. The fourth-order valence-corrected chi connectivity index (χ4v) is 4.00. The number of aliphatic hydroxyl groups excluding tert-OH is 1. The summed E-state index contributed by atoms with van der Waals surface area (Å²) >= 11 is 0.